The van der Waals surface area contributed by atoms with Gasteiger partial charge in [-0.3, -0.25) is 19.2 Å². The molecule has 1 aliphatic carbocycles. The summed E-state index contributed by atoms with van der Waals surface area (Å²) in [5.74, 6) is -1.45. The van der Waals surface area contributed by atoms with Crippen LogP contribution in [0.2, 0.25) is 0 Å². The largest absolute Gasteiger partial charge is 0.497 e. The average Bonchev–Trinajstić information content (AvgIpc) is 3.47. The number of methoxy groups -OCH3 is 1. The van der Waals surface area contributed by atoms with E-state index in [2.05, 4.69) is 0 Å². The molecule has 0 aromatic heterocycles. The molecule has 1 fully saturated rings. The van der Waals surface area contributed by atoms with E-state index in [1.807, 2.05) is 41.3 Å². The first kappa shape index (κ1) is 26.6. The summed E-state index contributed by atoms with van der Waals surface area (Å²) in [6.07, 6.45) is 3.69. The van der Waals surface area contributed by atoms with E-state index < -0.39 is 29.4 Å². The van der Waals surface area contributed by atoms with Crippen molar-refractivity contribution in [1.29, 1.82) is 0 Å². The van der Waals surface area contributed by atoms with Gasteiger partial charge in [-0.05, 0) is 23.8 Å². The number of esters is 1. The van der Waals surface area contributed by atoms with Crippen molar-refractivity contribution in [2.24, 2.45) is 5.41 Å². The van der Waals surface area contributed by atoms with Gasteiger partial charge < -0.3 is 14.4 Å². The number of Topliss-reactive ketones (excluding diaryl/α,β-unsaturated/α-hetero) is 3. The highest BCUT2D eigenvalue weighted by Gasteiger charge is 2.71. The van der Waals surface area contributed by atoms with Crippen molar-refractivity contribution in [3.63, 3.8) is 0 Å². The number of carbonyl (C=O) groups excluding carboxylic acids is 4. The zero-order chi connectivity index (χ0) is 29.9. The Morgan fingerprint density at radius 3 is 2.07 bits per heavy atom. The molecule has 0 N–H and O–H groups in total. The lowest BCUT2D eigenvalue weighted by atomic mass is 9.64. The molecule has 3 atom stereocenters. The Morgan fingerprint density at radius 1 is 0.791 bits per heavy atom. The second-order valence-corrected chi connectivity index (χ2v) is 11.0. The Bertz CT molecular complexity index is 1810. The Balaban J connectivity index is 1.56. The van der Waals surface area contributed by atoms with E-state index in [4.69, 9.17) is 9.47 Å². The van der Waals surface area contributed by atoms with Gasteiger partial charge in [0.25, 0.3) is 0 Å². The first-order valence-electron chi connectivity index (χ1n) is 14.1. The zero-order valence-electron chi connectivity index (χ0n) is 23.5. The van der Waals surface area contributed by atoms with E-state index in [0.717, 1.165) is 0 Å². The minimum absolute atomic E-state index is 0.251. The number of benzene rings is 4. The molecule has 43 heavy (non-hydrogen) atoms. The quantitative estimate of drug-likeness (QED) is 0.127. The van der Waals surface area contributed by atoms with Crippen LogP contribution in [0.3, 0.4) is 0 Å². The van der Waals surface area contributed by atoms with E-state index in [-0.39, 0.29) is 23.1 Å². The van der Waals surface area contributed by atoms with Crippen LogP contribution >= 0.6 is 0 Å². The van der Waals surface area contributed by atoms with Gasteiger partial charge >= 0.3 is 5.97 Å². The summed E-state index contributed by atoms with van der Waals surface area (Å²) < 4.78 is 11.1. The summed E-state index contributed by atoms with van der Waals surface area (Å²) in [6.45, 7) is 1.31. The number of carbonyl (C=O) groups is 4. The van der Waals surface area contributed by atoms with Gasteiger partial charge in [0, 0.05) is 35.1 Å². The predicted octanol–water partition coefficient (Wildman–Crippen LogP) is 5.94. The van der Waals surface area contributed by atoms with Crippen molar-refractivity contribution in [1.82, 2.24) is 0 Å². The molecule has 7 nitrogen and oxygen atoms in total. The molecular weight excluding hydrogens is 542 g/mol. The highest BCUT2D eigenvalue weighted by atomic mass is 16.5. The van der Waals surface area contributed by atoms with Crippen LogP contribution in [0.25, 0.3) is 6.08 Å². The molecule has 0 saturated carbocycles. The number of ether oxygens (including phenoxy) is 2. The topological polar surface area (TPSA) is 90.0 Å². The summed E-state index contributed by atoms with van der Waals surface area (Å²) in [7, 11) is 1.56. The van der Waals surface area contributed by atoms with Gasteiger partial charge in [0.05, 0.1) is 18.8 Å². The number of rotatable bonds is 5. The molecule has 1 saturated heterocycles. The molecular formula is C36H27NO6. The Morgan fingerprint density at radius 2 is 1.44 bits per heavy atom. The van der Waals surface area contributed by atoms with Gasteiger partial charge in [0.15, 0.2) is 23.1 Å². The van der Waals surface area contributed by atoms with Crippen molar-refractivity contribution in [2.45, 2.75) is 24.9 Å². The number of anilines is 1. The average molecular weight is 570 g/mol. The minimum atomic E-state index is -1.66. The molecule has 7 heteroatoms. The number of para-hydroxylation sites is 1. The maximum atomic E-state index is 14.8. The Labute approximate surface area is 248 Å². The number of ketones is 3. The van der Waals surface area contributed by atoms with E-state index >= 15 is 0 Å². The monoisotopic (exact) mass is 569 g/mol. The van der Waals surface area contributed by atoms with Crippen LogP contribution in [-0.4, -0.2) is 42.5 Å². The van der Waals surface area contributed by atoms with Gasteiger partial charge in [-0.15, -0.1) is 0 Å². The molecule has 2 heterocycles. The maximum absolute atomic E-state index is 14.8. The summed E-state index contributed by atoms with van der Waals surface area (Å²) in [6, 6.07) is 26.4. The maximum Gasteiger partial charge on any atom is 0.308 e. The molecule has 4 aromatic carbocycles. The molecule has 0 amide bonds. The lowest BCUT2D eigenvalue weighted by Crippen LogP contribution is -2.48. The second-order valence-electron chi connectivity index (χ2n) is 11.0. The van der Waals surface area contributed by atoms with Crippen LogP contribution in [0.15, 0.2) is 103 Å². The molecule has 0 bridgehead atoms. The van der Waals surface area contributed by atoms with Crippen molar-refractivity contribution in [3.05, 3.63) is 131 Å². The third-order valence-corrected chi connectivity index (χ3v) is 8.84. The molecule has 212 valence electrons. The molecule has 0 unspecified atom stereocenters. The van der Waals surface area contributed by atoms with E-state index in [1.165, 1.54) is 6.92 Å². The third-order valence-electron chi connectivity index (χ3n) is 8.84. The molecule has 1 spiro atoms. The van der Waals surface area contributed by atoms with Crippen molar-refractivity contribution < 1.29 is 28.7 Å². The van der Waals surface area contributed by atoms with Crippen LogP contribution in [0.5, 0.6) is 11.5 Å². The number of hydrogen-bond acceptors (Lipinski definition) is 7. The van der Waals surface area contributed by atoms with E-state index in [0.29, 0.717) is 39.3 Å². The van der Waals surface area contributed by atoms with Gasteiger partial charge in [-0.2, -0.15) is 0 Å². The highest BCUT2D eigenvalue weighted by molar-refractivity contribution is 6.32. The molecule has 4 aromatic rings. The van der Waals surface area contributed by atoms with Gasteiger partial charge in [0.2, 0.25) is 0 Å². The minimum Gasteiger partial charge on any atom is -0.497 e. The first-order chi connectivity index (χ1) is 20.9. The summed E-state index contributed by atoms with van der Waals surface area (Å²) in [5, 5.41) is 0. The van der Waals surface area contributed by atoms with Crippen molar-refractivity contribution in [2.75, 3.05) is 12.0 Å². The van der Waals surface area contributed by atoms with Crippen LogP contribution < -0.4 is 14.4 Å². The number of hydrogen-bond donors (Lipinski definition) is 0. The summed E-state index contributed by atoms with van der Waals surface area (Å²) in [5.41, 5.74) is 1.31. The number of fused-ring (bicyclic) bond motifs is 5. The third kappa shape index (κ3) is 3.74. The SMILES string of the molecule is COc1ccc([C@@H]2[C@H](C(=O)c3ccccc3)N3c4c(cccc4OC(C)=O)C=C[C@@H]3C23C(=O)c2ccccc2C3=O)cc1. The fourth-order valence-electron chi connectivity index (χ4n) is 7.18. The van der Waals surface area contributed by atoms with Gasteiger partial charge in [0.1, 0.15) is 17.2 Å². The standard InChI is InChI=1S/C36H27NO6/c1-21(38)43-28-14-8-11-23-17-20-29-36(34(40)26-12-6-7-13-27(26)35(36)41)30(22-15-18-25(42-2)19-16-22)32(37(29)31(23)28)33(39)24-9-4-3-5-10-24/h3-20,29-30,32H,1-2H3/t29-,30-,32-/m1/s1. The number of nitrogens with zero attached hydrogens (tertiary/aromatic N) is 1. The molecule has 2 aliphatic heterocycles. The molecule has 7 rings (SSSR count). The van der Waals surface area contributed by atoms with Crippen molar-refractivity contribution in [3.8, 4) is 11.5 Å². The fraction of sp³-hybridized carbons (Fsp3) is 0.167. The lowest BCUT2D eigenvalue weighted by molar-refractivity contribution is -0.131. The highest BCUT2D eigenvalue weighted by Crippen LogP contribution is 2.62. The normalized spacial score (nSPS) is 20.9. The van der Waals surface area contributed by atoms with Crippen LogP contribution in [0.4, 0.5) is 5.69 Å². The zero-order valence-corrected chi connectivity index (χ0v) is 23.5. The van der Waals surface area contributed by atoms with Crippen LogP contribution in [-0.2, 0) is 4.79 Å². The molecule has 0 radical (unpaired) electrons. The predicted molar refractivity (Wildman–Crippen MR) is 161 cm³/mol. The smallest absolute Gasteiger partial charge is 0.308 e. The lowest BCUT2D eigenvalue weighted by Gasteiger charge is -2.37. The fourth-order valence-corrected chi connectivity index (χ4v) is 7.18. The Hall–Kier alpha value is -5.30. The molecule has 3 aliphatic rings. The van der Waals surface area contributed by atoms with Gasteiger partial charge in [-0.1, -0.05) is 91.0 Å². The van der Waals surface area contributed by atoms with Crippen LogP contribution in [0, 0.1) is 5.41 Å². The van der Waals surface area contributed by atoms with E-state index in [9.17, 15) is 19.2 Å². The Kier molecular flexibility index (Phi) is 6.13. The van der Waals surface area contributed by atoms with Crippen LogP contribution in [0.1, 0.15) is 55.0 Å². The summed E-state index contributed by atoms with van der Waals surface area (Å²) >= 11 is 0. The summed E-state index contributed by atoms with van der Waals surface area (Å²) in [4.78, 5) is 58.4. The second kappa shape index (κ2) is 9.91. The van der Waals surface area contributed by atoms with E-state index in [1.54, 1.807) is 79.9 Å². The van der Waals surface area contributed by atoms with Crippen molar-refractivity contribution >= 4 is 35.1 Å². The van der Waals surface area contributed by atoms with Gasteiger partial charge in [-0.25, -0.2) is 0 Å². The first-order valence-corrected chi connectivity index (χ1v) is 14.1.